The number of hydrogen-bond acceptors (Lipinski definition) is 2. The minimum atomic E-state index is -0.652. The summed E-state index contributed by atoms with van der Waals surface area (Å²) in [7, 11) is 0. The fourth-order valence-corrected chi connectivity index (χ4v) is 2.12. The predicted molar refractivity (Wildman–Crippen MR) is 70.7 cm³/mol. The molecule has 0 aliphatic rings. The highest BCUT2D eigenvalue weighted by molar-refractivity contribution is 6.36. The maximum absolute atomic E-state index is 11.9. The smallest absolute Gasteiger partial charge is 0.165 e. The van der Waals surface area contributed by atoms with E-state index in [1.165, 1.54) is 0 Å². The Balaban J connectivity index is 3.07. The van der Waals surface area contributed by atoms with Crippen molar-refractivity contribution in [3.05, 3.63) is 33.8 Å². The normalized spacial score (nSPS) is 12.5. The molecule has 0 radical (unpaired) electrons. The van der Waals surface area contributed by atoms with Crippen molar-refractivity contribution in [2.75, 3.05) is 6.61 Å². The van der Waals surface area contributed by atoms with Gasteiger partial charge in [-0.05, 0) is 18.6 Å². The van der Waals surface area contributed by atoms with E-state index in [0.717, 1.165) is 6.42 Å². The van der Waals surface area contributed by atoms with E-state index in [0.29, 0.717) is 28.6 Å². The number of rotatable bonds is 6. The molecule has 0 bridgehead atoms. The zero-order chi connectivity index (χ0) is 12.8. The molecule has 0 aromatic heterocycles. The highest BCUT2D eigenvalue weighted by Crippen LogP contribution is 2.33. The molecule has 17 heavy (non-hydrogen) atoms. The van der Waals surface area contributed by atoms with Gasteiger partial charge in [-0.15, -0.1) is 0 Å². The molecule has 0 aliphatic carbocycles. The molecule has 4 heteroatoms. The fourth-order valence-electron chi connectivity index (χ4n) is 1.52. The Labute approximate surface area is 112 Å². The molecule has 0 aliphatic heterocycles. The first-order chi connectivity index (χ1) is 8.11. The first kappa shape index (κ1) is 14.5. The monoisotopic (exact) mass is 274 g/mol. The Bertz CT molecular complexity index is 371. The Hall–Kier alpha value is -0.570. The summed E-state index contributed by atoms with van der Waals surface area (Å²) in [5.41, 5.74) is 0.580. The lowest BCUT2D eigenvalue weighted by Gasteiger charge is -2.18. The summed E-state index contributed by atoms with van der Waals surface area (Å²) in [6.07, 6.45) is 0.590. The number of Topliss-reactive ketones (excluding diaryl/α,β-unsaturated/α-hetero) is 1. The first-order valence-electron chi connectivity index (χ1n) is 5.70. The average molecular weight is 275 g/mol. The molecule has 1 unspecified atom stereocenters. The van der Waals surface area contributed by atoms with Crippen LogP contribution in [0.15, 0.2) is 18.2 Å². The lowest BCUT2D eigenvalue weighted by Crippen LogP contribution is -2.16. The largest absolute Gasteiger partial charge is 0.366 e. The molecule has 0 amide bonds. The third-order valence-electron chi connectivity index (χ3n) is 2.39. The second-order valence-electron chi connectivity index (χ2n) is 3.71. The van der Waals surface area contributed by atoms with Crippen molar-refractivity contribution < 1.29 is 9.53 Å². The van der Waals surface area contributed by atoms with E-state index in [2.05, 4.69) is 0 Å². The van der Waals surface area contributed by atoms with Crippen LogP contribution < -0.4 is 0 Å². The molecule has 0 saturated carbocycles. The summed E-state index contributed by atoms with van der Waals surface area (Å²) >= 11 is 12.2. The van der Waals surface area contributed by atoms with Gasteiger partial charge in [0, 0.05) is 28.6 Å². The SMILES string of the molecule is CCCOC(C(=O)CC)c1c(Cl)cccc1Cl. The van der Waals surface area contributed by atoms with Crippen molar-refractivity contribution in [2.24, 2.45) is 0 Å². The van der Waals surface area contributed by atoms with Gasteiger partial charge < -0.3 is 4.74 Å². The van der Waals surface area contributed by atoms with Gasteiger partial charge in [-0.3, -0.25) is 4.79 Å². The third-order valence-corrected chi connectivity index (χ3v) is 3.05. The fraction of sp³-hybridized carbons (Fsp3) is 0.462. The highest BCUT2D eigenvalue weighted by atomic mass is 35.5. The van der Waals surface area contributed by atoms with Crippen LogP contribution in [0.2, 0.25) is 10.0 Å². The summed E-state index contributed by atoms with van der Waals surface area (Å²) in [5, 5.41) is 0.945. The van der Waals surface area contributed by atoms with Crippen molar-refractivity contribution in [1.29, 1.82) is 0 Å². The van der Waals surface area contributed by atoms with Crippen LogP contribution in [0.5, 0.6) is 0 Å². The van der Waals surface area contributed by atoms with Gasteiger partial charge in [-0.25, -0.2) is 0 Å². The second kappa shape index (κ2) is 7.00. The lowest BCUT2D eigenvalue weighted by atomic mass is 10.0. The number of ketones is 1. The van der Waals surface area contributed by atoms with Crippen LogP contribution in [0.1, 0.15) is 38.4 Å². The first-order valence-corrected chi connectivity index (χ1v) is 6.45. The van der Waals surface area contributed by atoms with Crippen LogP contribution in [-0.2, 0) is 9.53 Å². The van der Waals surface area contributed by atoms with Crippen molar-refractivity contribution in [1.82, 2.24) is 0 Å². The molecule has 0 fully saturated rings. The number of hydrogen-bond donors (Lipinski definition) is 0. The Kier molecular flexibility index (Phi) is 5.96. The number of carbonyl (C=O) groups excluding carboxylic acids is 1. The molecule has 1 aromatic rings. The van der Waals surface area contributed by atoms with Crippen LogP contribution in [0.25, 0.3) is 0 Å². The van der Waals surface area contributed by atoms with E-state index >= 15 is 0 Å². The third kappa shape index (κ3) is 3.70. The summed E-state index contributed by atoms with van der Waals surface area (Å²) < 4.78 is 5.57. The summed E-state index contributed by atoms with van der Waals surface area (Å²) in [5.74, 6) is -0.00606. The van der Waals surface area contributed by atoms with Crippen LogP contribution in [0, 0.1) is 0 Å². The average Bonchev–Trinajstić information content (AvgIpc) is 2.32. The minimum absolute atomic E-state index is 0.00606. The van der Waals surface area contributed by atoms with Crippen LogP contribution in [-0.4, -0.2) is 12.4 Å². The van der Waals surface area contributed by atoms with E-state index in [1.54, 1.807) is 25.1 Å². The molecule has 0 N–H and O–H groups in total. The molecular formula is C13H16Cl2O2. The number of carbonyl (C=O) groups is 1. The molecule has 1 rings (SSSR count). The summed E-state index contributed by atoms with van der Waals surface area (Å²) in [6.45, 7) is 4.30. The van der Waals surface area contributed by atoms with Gasteiger partial charge >= 0.3 is 0 Å². The minimum Gasteiger partial charge on any atom is -0.366 e. The number of halogens is 2. The van der Waals surface area contributed by atoms with Crippen molar-refractivity contribution in [3.63, 3.8) is 0 Å². The second-order valence-corrected chi connectivity index (χ2v) is 4.52. The van der Waals surface area contributed by atoms with E-state index < -0.39 is 6.10 Å². The molecule has 0 heterocycles. The van der Waals surface area contributed by atoms with Gasteiger partial charge in [-0.2, -0.15) is 0 Å². The van der Waals surface area contributed by atoms with Gasteiger partial charge in [-0.1, -0.05) is 43.1 Å². The van der Waals surface area contributed by atoms with Gasteiger partial charge in [0.2, 0.25) is 0 Å². The Morgan fingerprint density at radius 2 is 1.88 bits per heavy atom. The number of ether oxygens (including phenoxy) is 1. The van der Waals surface area contributed by atoms with Crippen molar-refractivity contribution >= 4 is 29.0 Å². The molecule has 1 aromatic carbocycles. The highest BCUT2D eigenvalue weighted by Gasteiger charge is 2.24. The lowest BCUT2D eigenvalue weighted by molar-refractivity contribution is -0.130. The summed E-state index contributed by atoms with van der Waals surface area (Å²) in [6, 6.07) is 5.18. The zero-order valence-electron chi connectivity index (χ0n) is 10.0. The van der Waals surface area contributed by atoms with Crippen molar-refractivity contribution in [3.8, 4) is 0 Å². The van der Waals surface area contributed by atoms with E-state index in [-0.39, 0.29) is 5.78 Å². The quantitative estimate of drug-likeness (QED) is 0.767. The predicted octanol–water partition coefficient (Wildman–Crippen LogP) is 4.44. The molecule has 1 atom stereocenters. The maximum Gasteiger partial charge on any atom is 0.165 e. The van der Waals surface area contributed by atoms with Crippen molar-refractivity contribution in [2.45, 2.75) is 32.8 Å². The zero-order valence-corrected chi connectivity index (χ0v) is 11.5. The standard InChI is InChI=1S/C13H16Cl2O2/c1-3-8-17-13(11(16)4-2)12-9(14)6-5-7-10(12)15/h5-7,13H,3-4,8H2,1-2H3. The number of benzene rings is 1. The van der Waals surface area contributed by atoms with E-state index in [4.69, 9.17) is 27.9 Å². The Morgan fingerprint density at radius 3 is 2.35 bits per heavy atom. The molecular weight excluding hydrogens is 259 g/mol. The molecule has 94 valence electrons. The summed E-state index contributed by atoms with van der Waals surface area (Å²) in [4.78, 5) is 11.9. The van der Waals surface area contributed by atoms with E-state index in [9.17, 15) is 4.79 Å². The van der Waals surface area contributed by atoms with Gasteiger partial charge in [0.1, 0.15) is 6.10 Å². The molecule has 0 spiro atoms. The van der Waals surface area contributed by atoms with Crippen LogP contribution in [0.3, 0.4) is 0 Å². The molecule has 0 saturated heterocycles. The van der Waals surface area contributed by atoms with Gasteiger partial charge in [0.05, 0.1) is 0 Å². The Morgan fingerprint density at radius 1 is 1.29 bits per heavy atom. The maximum atomic E-state index is 11.9. The van der Waals surface area contributed by atoms with E-state index in [1.807, 2.05) is 6.92 Å². The molecule has 2 nitrogen and oxygen atoms in total. The van der Waals surface area contributed by atoms with Gasteiger partial charge in [0.15, 0.2) is 5.78 Å². The van der Waals surface area contributed by atoms with Crippen LogP contribution in [0.4, 0.5) is 0 Å². The van der Waals surface area contributed by atoms with Gasteiger partial charge in [0.25, 0.3) is 0 Å². The topological polar surface area (TPSA) is 26.3 Å². The van der Waals surface area contributed by atoms with Crippen LogP contribution >= 0.6 is 23.2 Å².